The summed E-state index contributed by atoms with van der Waals surface area (Å²) in [6, 6.07) is -0.930. The topological polar surface area (TPSA) is 61.9 Å². The molecule has 0 aromatic rings. The lowest BCUT2D eigenvalue weighted by Gasteiger charge is -2.16. The van der Waals surface area contributed by atoms with Crippen LogP contribution in [0, 0.1) is 0 Å². The minimum Gasteiger partial charge on any atom is -0.341 e. The highest BCUT2D eigenvalue weighted by Gasteiger charge is 2.38. The van der Waals surface area contributed by atoms with Crippen LogP contribution in [0.1, 0.15) is 6.92 Å². The molecule has 1 atom stereocenters. The van der Waals surface area contributed by atoms with Crippen LogP contribution in [0.15, 0.2) is 0 Å². The van der Waals surface area contributed by atoms with Crippen LogP contribution in [0.2, 0.25) is 0 Å². The zero-order valence-corrected chi connectivity index (χ0v) is 7.90. The number of hydroxylamine groups is 2. The van der Waals surface area contributed by atoms with E-state index in [0.717, 1.165) is 4.90 Å². The van der Waals surface area contributed by atoms with Crippen LogP contribution in [-0.4, -0.2) is 48.8 Å². The Hall–Kier alpha value is -1.30. The van der Waals surface area contributed by atoms with Crippen molar-refractivity contribution in [3.63, 3.8) is 0 Å². The minimum absolute atomic E-state index is 0.102. The molecule has 1 saturated heterocycles. The van der Waals surface area contributed by atoms with E-state index in [0.29, 0.717) is 6.54 Å². The van der Waals surface area contributed by atoms with E-state index in [9.17, 15) is 9.59 Å². The lowest BCUT2D eigenvalue weighted by atomic mass is 10.4. The molecular weight excluding hydrogens is 174 g/mol. The number of nitrogens with zero attached hydrogens (tertiary/aromatic N) is 2. The predicted octanol–water partition coefficient (Wildman–Crippen LogP) is 0.0133. The molecule has 1 N–H and O–H groups in total. The van der Waals surface area contributed by atoms with E-state index in [1.165, 1.54) is 19.2 Å². The summed E-state index contributed by atoms with van der Waals surface area (Å²) in [5, 5.41) is 3.56. The number of urea groups is 2. The number of rotatable bonds is 1. The number of amides is 4. The Balaban J connectivity index is 2.72. The van der Waals surface area contributed by atoms with Crippen LogP contribution >= 0.6 is 0 Å². The molecule has 0 aliphatic carbocycles. The molecule has 1 aliphatic heterocycles. The Bertz CT molecular complexity index is 231. The predicted molar refractivity (Wildman–Crippen MR) is 44.9 cm³/mol. The monoisotopic (exact) mass is 187 g/mol. The maximum Gasteiger partial charge on any atom is 0.352 e. The lowest BCUT2D eigenvalue weighted by Crippen LogP contribution is -2.41. The van der Waals surface area contributed by atoms with Gasteiger partial charge in [-0.1, -0.05) is 0 Å². The van der Waals surface area contributed by atoms with Gasteiger partial charge in [-0.2, -0.15) is 5.06 Å². The molecule has 1 aliphatic rings. The van der Waals surface area contributed by atoms with Crippen LogP contribution in [0.3, 0.4) is 0 Å². The smallest absolute Gasteiger partial charge is 0.341 e. The van der Waals surface area contributed by atoms with Crippen LogP contribution < -0.4 is 5.32 Å². The molecular formula is C7H13N3O3. The first-order valence-electron chi connectivity index (χ1n) is 3.98. The number of nitrogens with one attached hydrogen (secondary N) is 1. The van der Waals surface area contributed by atoms with Crippen LogP contribution in [0.25, 0.3) is 0 Å². The maximum atomic E-state index is 11.4. The third-order valence-electron chi connectivity index (χ3n) is 1.92. The molecule has 1 unspecified atom stereocenters. The zero-order valence-electron chi connectivity index (χ0n) is 7.90. The van der Waals surface area contributed by atoms with E-state index in [2.05, 4.69) is 5.32 Å². The molecule has 1 fully saturated rings. The van der Waals surface area contributed by atoms with Gasteiger partial charge in [0.15, 0.2) is 0 Å². The van der Waals surface area contributed by atoms with Crippen molar-refractivity contribution in [2.24, 2.45) is 0 Å². The number of hydrogen-bond acceptors (Lipinski definition) is 3. The molecule has 1 rings (SSSR count). The Labute approximate surface area is 76.4 Å². The van der Waals surface area contributed by atoms with Crippen molar-refractivity contribution in [1.29, 1.82) is 0 Å². The maximum absolute atomic E-state index is 11.4. The fourth-order valence-electron chi connectivity index (χ4n) is 1.29. The van der Waals surface area contributed by atoms with Crippen molar-refractivity contribution < 1.29 is 14.4 Å². The molecule has 6 heteroatoms. The third-order valence-corrected chi connectivity index (χ3v) is 1.92. The summed E-state index contributed by atoms with van der Waals surface area (Å²) >= 11 is 0. The Kier molecular flexibility index (Phi) is 2.72. The summed E-state index contributed by atoms with van der Waals surface area (Å²) in [5.41, 5.74) is 0. The highest BCUT2D eigenvalue weighted by Crippen LogP contribution is 2.14. The van der Waals surface area contributed by atoms with Crippen molar-refractivity contribution >= 4 is 12.1 Å². The zero-order chi connectivity index (χ0) is 10.0. The van der Waals surface area contributed by atoms with Crippen LogP contribution in [0.4, 0.5) is 9.59 Å². The van der Waals surface area contributed by atoms with Gasteiger partial charge in [0, 0.05) is 7.05 Å². The van der Waals surface area contributed by atoms with Crippen molar-refractivity contribution in [3.8, 4) is 0 Å². The van der Waals surface area contributed by atoms with Crippen molar-refractivity contribution in [2.45, 2.75) is 13.0 Å². The number of carbonyl (C=O) groups is 2. The molecule has 4 amide bonds. The largest absolute Gasteiger partial charge is 0.352 e. The summed E-state index contributed by atoms with van der Waals surface area (Å²) in [6.07, 6.45) is 0. The van der Waals surface area contributed by atoms with E-state index in [1.54, 1.807) is 0 Å². The molecule has 13 heavy (non-hydrogen) atoms. The van der Waals surface area contributed by atoms with E-state index >= 15 is 0 Å². The summed E-state index contributed by atoms with van der Waals surface area (Å²) in [4.78, 5) is 28.5. The molecule has 6 nitrogen and oxygen atoms in total. The first-order valence-corrected chi connectivity index (χ1v) is 3.98. The molecule has 0 bridgehead atoms. The standard InChI is InChI=1S/C7H13N3O3/c1-5-4-9(6(11)8-2)7(12)10(5)13-3/h5H,4H2,1-3H3,(H,8,11). The van der Waals surface area contributed by atoms with Gasteiger partial charge in [-0.05, 0) is 6.92 Å². The third kappa shape index (κ3) is 1.57. The van der Waals surface area contributed by atoms with Gasteiger partial charge < -0.3 is 5.32 Å². The number of carbonyl (C=O) groups excluding carboxylic acids is 2. The number of imide groups is 1. The summed E-state index contributed by atoms with van der Waals surface area (Å²) in [7, 11) is 2.89. The summed E-state index contributed by atoms with van der Waals surface area (Å²) in [5.74, 6) is 0. The van der Waals surface area contributed by atoms with Gasteiger partial charge in [-0.15, -0.1) is 0 Å². The molecule has 0 spiro atoms. The van der Waals surface area contributed by atoms with Gasteiger partial charge in [0.1, 0.15) is 0 Å². The van der Waals surface area contributed by atoms with Gasteiger partial charge >= 0.3 is 12.1 Å². The fourth-order valence-corrected chi connectivity index (χ4v) is 1.29. The minimum atomic E-state index is -0.422. The SMILES string of the molecule is CNC(=O)N1CC(C)N(OC)C1=O. The van der Waals surface area contributed by atoms with E-state index in [4.69, 9.17) is 4.84 Å². The molecule has 0 saturated carbocycles. The Morgan fingerprint density at radius 2 is 2.31 bits per heavy atom. The van der Waals surface area contributed by atoms with Gasteiger partial charge in [0.25, 0.3) is 0 Å². The Morgan fingerprint density at radius 1 is 1.69 bits per heavy atom. The van der Waals surface area contributed by atoms with Crippen LogP contribution in [0.5, 0.6) is 0 Å². The van der Waals surface area contributed by atoms with E-state index < -0.39 is 12.1 Å². The number of hydrogen-bond donors (Lipinski definition) is 1. The fraction of sp³-hybridized carbons (Fsp3) is 0.714. The van der Waals surface area contributed by atoms with Crippen LogP contribution in [-0.2, 0) is 4.84 Å². The van der Waals surface area contributed by atoms with Gasteiger partial charge in [-0.3, -0.25) is 4.84 Å². The summed E-state index contributed by atoms with van der Waals surface area (Å²) < 4.78 is 0. The summed E-state index contributed by atoms with van der Waals surface area (Å²) in [6.45, 7) is 2.16. The second-order valence-electron chi connectivity index (χ2n) is 2.81. The Morgan fingerprint density at radius 3 is 2.69 bits per heavy atom. The van der Waals surface area contributed by atoms with Crippen molar-refractivity contribution in [3.05, 3.63) is 0 Å². The quantitative estimate of drug-likeness (QED) is 0.629. The first-order chi connectivity index (χ1) is 6.11. The molecule has 0 aromatic carbocycles. The molecule has 74 valence electrons. The molecule has 0 radical (unpaired) electrons. The average molecular weight is 187 g/mol. The van der Waals surface area contributed by atoms with Gasteiger partial charge in [0.2, 0.25) is 0 Å². The highest BCUT2D eigenvalue weighted by atomic mass is 16.7. The van der Waals surface area contributed by atoms with Gasteiger partial charge in [-0.25, -0.2) is 14.5 Å². The normalized spacial score (nSPS) is 22.4. The second-order valence-corrected chi connectivity index (χ2v) is 2.81. The molecule has 1 heterocycles. The van der Waals surface area contributed by atoms with Crippen molar-refractivity contribution in [1.82, 2.24) is 15.3 Å². The van der Waals surface area contributed by atoms with E-state index in [-0.39, 0.29) is 6.04 Å². The first kappa shape index (κ1) is 9.79. The van der Waals surface area contributed by atoms with Gasteiger partial charge in [0.05, 0.1) is 19.7 Å². The average Bonchev–Trinajstić information content (AvgIpc) is 2.40. The lowest BCUT2D eigenvalue weighted by molar-refractivity contribution is -0.0951. The highest BCUT2D eigenvalue weighted by molar-refractivity contribution is 5.94. The van der Waals surface area contributed by atoms with Crippen molar-refractivity contribution in [2.75, 3.05) is 20.7 Å². The molecule has 0 aromatic heterocycles. The van der Waals surface area contributed by atoms with E-state index in [1.807, 2.05) is 6.92 Å². The second kappa shape index (κ2) is 3.61.